The number of aromatic nitrogens is 3. The predicted molar refractivity (Wildman–Crippen MR) is 40.9 cm³/mol. The zero-order chi connectivity index (χ0) is 6.53. The predicted octanol–water partition coefficient (Wildman–Crippen LogP) is 0.267. The lowest BCUT2D eigenvalue weighted by Gasteiger charge is -1.97. The van der Waals surface area contributed by atoms with Crippen LogP contribution in [0.15, 0.2) is 12.4 Å². The zero-order valence-electron chi connectivity index (χ0n) is 5.82. The second-order valence-corrected chi connectivity index (χ2v) is 1.70. The van der Waals surface area contributed by atoms with Gasteiger partial charge in [0, 0.05) is 6.20 Å². The van der Waals surface area contributed by atoms with E-state index >= 15 is 0 Å². The minimum atomic E-state index is 0. The Morgan fingerprint density at radius 1 is 1.60 bits per heavy atom. The largest absolute Gasteiger partial charge is 0.298 e. The average Bonchev–Trinajstić information content (AvgIpc) is 2.34. The molecule has 0 aliphatic heterocycles. The van der Waals surface area contributed by atoms with Crippen LogP contribution in [-0.4, -0.2) is 21.5 Å². The van der Waals surface area contributed by atoms with Crippen LogP contribution in [0.25, 0.3) is 0 Å². The van der Waals surface area contributed by atoms with Crippen molar-refractivity contribution in [2.75, 3.05) is 6.54 Å². The minimum Gasteiger partial charge on any atom is -0.298 e. The molecular formula is C5H11ClN4. The molecule has 0 saturated carbocycles. The van der Waals surface area contributed by atoms with E-state index in [1.165, 1.54) is 0 Å². The third-order valence-electron chi connectivity index (χ3n) is 0.996. The number of hydrogen-bond donors (Lipinski definition) is 1. The maximum absolute atomic E-state index is 3.76. The van der Waals surface area contributed by atoms with Crippen molar-refractivity contribution in [1.82, 2.24) is 20.3 Å². The van der Waals surface area contributed by atoms with E-state index in [-0.39, 0.29) is 12.4 Å². The first-order chi connectivity index (χ1) is 4.43. The molecule has 1 aromatic heterocycles. The monoisotopic (exact) mass is 162 g/mol. The molecule has 0 saturated heterocycles. The SMILES string of the molecule is CCNCn1ccnn1.Cl. The van der Waals surface area contributed by atoms with Gasteiger partial charge in [-0.2, -0.15) is 0 Å². The van der Waals surface area contributed by atoms with E-state index in [2.05, 4.69) is 22.6 Å². The molecule has 58 valence electrons. The maximum Gasteiger partial charge on any atom is 0.0921 e. The first-order valence-corrected chi connectivity index (χ1v) is 2.98. The summed E-state index contributed by atoms with van der Waals surface area (Å²) in [4.78, 5) is 0. The van der Waals surface area contributed by atoms with E-state index in [1.807, 2.05) is 6.20 Å². The van der Waals surface area contributed by atoms with Crippen LogP contribution < -0.4 is 5.32 Å². The Labute approximate surface area is 66.0 Å². The van der Waals surface area contributed by atoms with E-state index < -0.39 is 0 Å². The van der Waals surface area contributed by atoms with Gasteiger partial charge in [-0.15, -0.1) is 17.5 Å². The highest BCUT2D eigenvalue weighted by Gasteiger charge is 1.84. The van der Waals surface area contributed by atoms with Crippen molar-refractivity contribution in [3.63, 3.8) is 0 Å². The summed E-state index contributed by atoms with van der Waals surface area (Å²) in [6.45, 7) is 3.76. The molecule has 0 fully saturated rings. The fraction of sp³-hybridized carbons (Fsp3) is 0.600. The van der Waals surface area contributed by atoms with Gasteiger partial charge >= 0.3 is 0 Å². The van der Waals surface area contributed by atoms with Crippen molar-refractivity contribution in [3.05, 3.63) is 12.4 Å². The minimum absolute atomic E-state index is 0. The van der Waals surface area contributed by atoms with Crippen molar-refractivity contribution >= 4 is 12.4 Å². The van der Waals surface area contributed by atoms with Crippen LogP contribution in [-0.2, 0) is 6.67 Å². The summed E-state index contributed by atoms with van der Waals surface area (Å²) < 4.78 is 1.74. The van der Waals surface area contributed by atoms with Crippen molar-refractivity contribution in [2.24, 2.45) is 0 Å². The number of rotatable bonds is 3. The number of hydrogen-bond acceptors (Lipinski definition) is 3. The summed E-state index contributed by atoms with van der Waals surface area (Å²) in [5.74, 6) is 0. The molecule has 0 bridgehead atoms. The van der Waals surface area contributed by atoms with Gasteiger partial charge in [0.25, 0.3) is 0 Å². The van der Waals surface area contributed by atoms with Crippen LogP contribution >= 0.6 is 12.4 Å². The lowest BCUT2D eigenvalue weighted by Crippen LogP contribution is -2.17. The molecule has 0 amide bonds. The smallest absolute Gasteiger partial charge is 0.0921 e. The van der Waals surface area contributed by atoms with Gasteiger partial charge in [0.15, 0.2) is 0 Å². The third kappa shape index (κ3) is 2.80. The Morgan fingerprint density at radius 3 is 2.90 bits per heavy atom. The summed E-state index contributed by atoms with van der Waals surface area (Å²) in [6, 6.07) is 0. The second kappa shape index (κ2) is 5.20. The van der Waals surface area contributed by atoms with Crippen LogP contribution in [0.5, 0.6) is 0 Å². The maximum atomic E-state index is 3.76. The van der Waals surface area contributed by atoms with Crippen LogP contribution in [0, 0.1) is 0 Å². The molecule has 1 heterocycles. The normalized spacial score (nSPS) is 8.90. The molecule has 0 spiro atoms. The fourth-order valence-corrected chi connectivity index (χ4v) is 0.543. The summed E-state index contributed by atoms with van der Waals surface area (Å²) in [5, 5.41) is 10.5. The van der Waals surface area contributed by atoms with Crippen molar-refractivity contribution in [1.29, 1.82) is 0 Å². The van der Waals surface area contributed by atoms with Gasteiger partial charge in [-0.3, -0.25) is 5.32 Å². The van der Waals surface area contributed by atoms with E-state index in [4.69, 9.17) is 0 Å². The Hall–Kier alpha value is -0.610. The zero-order valence-corrected chi connectivity index (χ0v) is 6.64. The molecule has 10 heavy (non-hydrogen) atoms. The van der Waals surface area contributed by atoms with E-state index in [1.54, 1.807) is 10.9 Å². The lowest BCUT2D eigenvalue weighted by molar-refractivity contribution is 0.511. The first kappa shape index (κ1) is 9.39. The summed E-state index contributed by atoms with van der Waals surface area (Å²) in [6.07, 6.45) is 3.49. The Morgan fingerprint density at radius 2 is 2.40 bits per heavy atom. The van der Waals surface area contributed by atoms with Gasteiger partial charge in [-0.1, -0.05) is 12.1 Å². The quantitative estimate of drug-likeness (QED) is 0.694. The molecule has 1 aromatic rings. The molecule has 0 radical (unpaired) electrons. The van der Waals surface area contributed by atoms with Crippen LogP contribution in [0.4, 0.5) is 0 Å². The van der Waals surface area contributed by atoms with Crippen LogP contribution in [0.1, 0.15) is 6.92 Å². The molecule has 0 aromatic carbocycles. The molecule has 5 heteroatoms. The van der Waals surface area contributed by atoms with Crippen molar-refractivity contribution < 1.29 is 0 Å². The highest BCUT2D eigenvalue weighted by atomic mass is 35.5. The van der Waals surface area contributed by atoms with Gasteiger partial charge in [0.1, 0.15) is 0 Å². The van der Waals surface area contributed by atoms with Gasteiger partial charge in [-0.05, 0) is 6.54 Å². The highest BCUT2D eigenvalue weighted by molar-refractivity contribution is 5.85. The first-order valence-electron chi connectivity index (χ1n) is 2.98. The molecule has 0 aliphatic rings. The highest BCUT2D eigenvalue weighted by Crippen LogP contribution is 1.74. The topological polar surface area (TPSA) is 42.7 Å². The Bertz CT molecular complexity index is 151. The number of halogens is 1. The molecule has 0 unspecified atom stereocenters. The lowest BCUT2D eigenvalue weighted by atomic mass is 10.7. The summed E-state index contributed by atoms with van der Waals surface area (Å²) in [7, 11) is 0. The molecule has 0 aliphatic carbocycles. The number of nitrogens with zero attached hydrogens (tertiary/aromatic N) is 3. The third-order valence-corrected chi connectivity index (χ3v) is 0.996. The van der Waals surface area contributed by atoms with Gasteiger partial charge in [-0.25, -0.2) is 4.68 Å². The van der Waals surface area contributed by atoms with Crippen LogP contribution in [0.2, 0.25) is 0 Å². The van der Waals surface area contributed by atoms with E-state index in [9.17, 15) is 0 Å². The average molecular weight is 163 g/mol. The van der Waals surface area contributed by atoms with Crippen molar-refractivity contribution in [3.8, 4) is 0 Å². The van der Waals surface area contributed by atoms with E-state index in [0.29, 0.717) is 0 Å². The van der Waals surface area contributed by atoms with Crippen molar-refractivity contribution in [2.45, 2.75) is 13.6 Å². The number of nitrogens with one attached hydrogen (secondary N) is 1. The standard InChI is InChI=1S/C5H10N4.ClH/c1-2-6-5-9-4-3-7-8-9;/h3-4,6H,2,5H2,1H3;1H. The summed E-state index contributed by atoms with van der Waals surface area (Å²) in [5.41, 5.74) is 0. The van der Waals surface area contributed by atoms with Crippen LogP contribution in [0.3, 0.4) is 0 Å². The molecular weight excluding hydrogens is 152 g/mol. The second-order valence-electron chi connectivity index (χ2n) is 1.70. The summed E-state index contributed by atoms with van der Waals surface area (Å²) >= 11 is 0. The van der Waals surface area contributed by atoms with Gasteiger partial charge in [0.2, 0.25) is 0 Å². The molecule has 1 N–H and O–H groups in total. The molecule has 0 atom stereocenters. The van der Waals surface area contributed by atoms with E-state index in [0.717, 1.165) is 13.2 Å². The Kier molecular flexibility index (Phi) is 4.88. The molecule has 1 rings (SSSR count). The van der Waals surface area contributed by atoms with Gasteiger partial charge < -0.3 is 0 Å². The Balaban J connectivity index is 0.000000810. The van der Waals surface area contributed by atoms with Gasteiger partial charge in [0.05, 0.1) is 12.9 Å². The molecule has 4 nitrogen and oxygen atoms in total. The fourth-order valence-electron chi connectivity index (χ4n) is 0.543.